The molecule has 4 saturated carbocycles. The van der Waals surface area contributed by atoms with E-state index in [0.717, 1.165) is 5.69 Å². The summed E-state index contributed by atoms with van der Waals surface area (Å²) in [6.07, 6.45) is 2.93. The Kier molecular flexibility index (Phi) is 3.86. The SMILES string of the molecule is CN=C1Nc2ccccc2N(C(=O)C23CC4CC(F)(CC(F)(C4)C2)C3)CC1=CN. The first-order valence-corrected chi connectivity index (χ1v) is 10.2. The molecule has 4 fully saturated rings. The van der Waals surface area contributed by atoms with Gasteiger partial charge in [0.2, 0.25) is 5.91 Å². The standard InChI is InChI=1S/C22H26F2N4O/c1-26-18-15(9-25)10-28(17-5-3-2-4-16(17)27-18)19(29)20-6-14-7-21(23,11-20)13-22(24,8-14)12-20/h2-5,9,14H,6-8,10-13,25H2,1H3,(H,26,27). The second-order valence-electron chi connectivity index (χ2n) is 9.39. The monoisotopic (exact) mass is 400 g/mol. The molecule has 0 aromatic heterocycles. The maximum Gasteiger partial charge on any atom is 0.233 e. The zero-order valence-corrected chi connectivity index (χ0v) is 16.5. The molecule has 7 heteroatoms. The van der Waals surface area contributed by atoms with E-state index in [4.69, 9.17) is 5.73 Å². The Balaban J connectivity index is 1.59. The molecule has 29 heavy (non-hydrogen) atoms. The molecular formula is C22H26F2N4O. The number of carbonyl (C=O) groups is 1. The van der Waals surface area contributed by atoms with Gasteiger partial charge in [-0.1, -0.05) is 12.1 Å². The molecule has 5 nitrogen and oxygen atoms in total. The number of hydrogen-bond donors (Lipinski definition) is 2. The van der Waals surface area contributed by atoms with Gasteiger partial charge in [0.1, 0.15) is 17.2 Å². The van der Waals surface area contributed by atoms with Crippen LogP contribution in [0.3, 0.4) is 0 Å². The summed E-state index contributed by atoms with van der Waals surface area (Å²) in [4.78, 5) is 19.9. The van der Waals surface area contributed by atoms with E-state index in [0.29, 0.717) is 36.4 Å². The summed E-state index contributed by atoms with van der Waals surface area (Å²) in [6.45, 7) is 0.219. The van der Waals surface area contributed by atoms with Crippen LogP contribution in [0, 0.1) is 11.3 Å². The number of anilines is 2. The molecular weight excluding hydrogens is 374 g/mol. The lowest BCUT2D eigenvalue weighted by molar-refractivity contribution is -0.183. The Morgan fingerprint density at radius 3 is 2.52 bits per heavy atom. The highest BCUT2D eigenvalue weighted by molar-refractivity contribution is 6.14. The summed E-state index contributed by atoms with van der Waals surface area (Å²) in [5.74, 6) is 0.323. The lowest BCUT2D eigenvalue weighted by Gasteiger charge is -2.60. The van der Waals surface area contributed by atoms with Gasteiger partial charge in [-0.2, -0.15) is 0 Å². The average Bonchev–Trinajstić information content (AvgIpc) is 2.81. The van der Waals surface area contributed by atoms with E-state index in [1.165, 1.54) is 6.20 Å². The summed E-state index contributed by atoms with van der Waals surface area (Å²) < 4.78 is 30.9. The van der Waals surface area contributed by atoms with Crippen LogP contribution in [0.1, 0.15) is 38.5 Å². The first kappa shape index (κ1) is 18.6. The number of rotatable bonds is 1. The van der Waals surface area contributed by atoms with Gasteiger partial charge in [-0.25, -0.2) is 8.78 Å². The average molecular weight is 400 g/mol. The zero-order valence-electron chi connectivity index (χ0n) is 16.5. The third-order valence-electron chi connectivity index (χ3n) is 7.14. The molecule has 1 amide bonds. The molecule has 1 aromatic carbocycles. The minimum Gasteiger partial charge on any atom is -0.404 e. The summed E-state index contributed by atoms with van der Waals surface area (Å²) in [5, 5.41) is 3.24. The van der Waals surface area contributed by atoms with Gasteiger partial charge in [-0.15, -0.1) is 0 Å². The van der Waals surface area contributed by atoms with Crippen molar-refractivity contribution >= 4 is 23.1 Å². The van der Waals surface area contributed by atoms with Crippen LogP contribution in [0.25, 0.3) is 0 Å². The minimum atomic E-state index is -1.57. The van der Waals surface area contributed by atoms with Crippen LogP contribution in [0.2, 0.25) is 0 Å². The van der Waals surface area contributed by atoms with E-state index in [2.05, 4.69) is 10.3 Å². The van der Waals surface area contributed by atoms with Crippen molar-refractivity contribution in [3.8, 4) is 0 Å². The second-order valence-corrected chi connectivity index (χ2v) is 9.39. The van der Waals surface area contributed by atoms with Crippen LogP contribution in [0.15, 0.2) is 41.0 Å². The van der Waals surface area contributed by atoms with Crippen LogP contribution in [0.4, 0.5) is 20.2 Å². The number of nitrogens with zero attached hydrogens (tertiary/aromatic N) is 2. The minimum absolute atomic E-state index is 0.0652. The molecule has 6 rings (SSSR count). The van der Waals surface area contributed by atoms with Gasteiger partial charge in [-0.3, -0.25) is 9.79 Å². The van der Waals surface area contributed by atoms with Crippen LogP contribution >= 0.6 is 0 Å². The Hall–Kier alpha value is -2.44. The van der Waals surface area contributed by atoms with E-state index in [1.54, 1.807) is 11.9 Å². The highest BCUT2D eigenvalue weighted by atomic mass is 19.2. The van der Waals surface area contributed by atoms with Crippen LogP contribution in [-0.4, -0.2) is 36.7 Å². The van der Waals surface area contributed by atoms with Crippen molar-refractivity contribution in [2.75, 3.05) is 23.8 Å². The third-order valence-corrected chi connectivity index (χ3v) is 7.14. The molecule has 1 heterocycles. The van der Waals surface area contributed by atoms with Crippen molar-refractivity contribution < 1.29 is 13.6 Å². The Morgan fingerprint density at radius 1 is 1.21 bits per heavy atom. The largest absolute Gasteiger partial charge is 0.404 e. The Bertz CT molecular complexity index is 924. The number of para-hydroxylation sites is 2. The smallest absolute Gasteiger partial charge is 0.233 e. The number of amidine groups is 1. The van der Waals surface area contributed by atoms with E-state index in [-0.39, 0.29) is 37.6 Å². The Labute approximate surface area is 169 Å². The van der Waals surface area contributed by atoms with Gasteiger partial charge in [-0.05, 0) is 50.2 Å². The fraction of sp³-hybridized carbons (Fsp3) is 0.545. The maximum absolute atomic E-state index is 15.5. The first-order chi connectivity index (χ1) is 13.8. The zero-order chi connectivity index (χ0) is 20.4. The molecule has 5 aliphatic rings. The van der Waals surface area contributed by atoms with Crippen molar-refractivity contribution in [1.29, 1.82) is 0 Å². The number of nitrogens with two attached hydrogens (primary N) is 1. The highest BCUT2D eigenvalue weighted by Gasteiger charge is 2.67. The molecule has 3 N–H and O–H groups in total. The summed E-state index contributed by atoms with van der Waals surface area (Å²) in [7, 11) is 1.66. The van der Waals surface area contributed by atoms with E-state index >= 15 is 8.78 Å². The molecule has 1 aliphatic heterocycles. The lowest BCUT2D eigenvalue weighted by Crippen LogP contribution is -2.64. The molecule has 4 bridgehead atoms. The van der Waals surface area contributed by atoms with Gasteiger partial charge in [0.25, 0.3) is 0 Å². The molecule has 2 unspecified atom stereocenters. The number of amides is 1. The lowest BCUT2D eigenvalue weighted by atomic mass is 9.47. The van der Waals surface area contributed by atoms with Crippen LogP contribution < -0.4 is 16.0 Å². The van der Waals surface area contributed by atoms with Crippen molar-refractivity contribution in [1.82, 2.24) is 0 Å². The molecule has 154 valence electrons. The van der Waals surface area contributed by atoms with Gasteiger partial charge in [0.05, 0.1) is 23.3 Å². The van der Waals surface area contributed by atoms with Crippen molar-refractivity contribution in [2.24, 2.45) is 22.1 Å². The number of benzene rings is 1. The van der Waals surface area contributed by atoms with Crippen LogP contribution in [-0.2, 0) is 4.79 Å². The quantitative estimate of drug-likeness (QED) is 0.755. The number of alkyl halides is 2. The van der Waals surface area contributed by atoms with Crippen molar-refractivity contribution in [3.63, 3.8) is 0 Å². The molecule has 0 spiro atoms. The third kappa shape index (κ3) is 2.77. The normalized spacial score (nSPS) is 40.7. The fourth-order valence-corrected chi connectivity index (χ4v) is 6.60. The summed E-state index contributed by atoms with van der Waals surface area (Å²) >= 11 is 0. The molecule has 4 aliphatic carbocycles. The molecule has 1 aromatic rings. The Morgan fingerprint density at radius 2 is 1.90 bits per heavy atom. The first-order valence-electron chi connectivity index (χ1n) is 10.2. The molecule has 2 atom stereocenters. The fourth-order valence-electron chi connectivity index (χ4n) is 6.60. The molecule has 0 radical (unpaired) electrons. The van der Waals surface area contributed by atoms with Crippen molar-refractivity contribution in [3.05, 3.63) is 36.0 Å². The molecule has 0 saturated heterocycles. The predicted molar refractivity (Wildman–Crippen MR) is 109 cm³/mol. The van der Waals surface area contributed by atoms with Crippen LogP contribution in [0.5, 0.6) is 0 Å². The number of hydrogen-bond acceptors (Lipinski definition) is 3. The number of nitrogens with one attached hydrogen (secondary N) is 1. The number of carbonyl (C=O) groups excluding carboxylic acids is 1. The summed E-state index contributed by atoms with van der Waals surface area (Å²) in [5.41, 5.74) is 3.79. The topological polar surface area (TPSA) is 70.7 Å². The highest BCUT2D eigenvalue weighted by Crippen LogP contribution is 2.66. The van der Waals surface area contributed by atoms with E-state index in [9.17, 15) is 4.79 Å². The number of aliphatic imine (C=N–C) groups is 1. The van der Waals surface area contributed by atoms with Crippen molar-refractivity contribution in [2.45, 2.75) is 49.9 Å². The van der Waals surface area contributed by atoms with E-state index in [1.807, 2.05) is 24.3 Å². The van der Waals surface area contributed by atoms with E-state index < -0.39 is 16.8 Å². The second kappa shape index (κ2) is 6.03. The summed E-state index contributed by atoms with van der Waals surface area (Å²) in [6, 6.07) is 7.45. The number of fused-ring (bicyclic) bond motifs is 1. The number of halogens is 2. The predicted octanol–water partition coefficient (Wildman–Crippen LogP) is 3.72. The van der Waals surface area contributed by atoms with Gasteiger partial charge >= 0.3 is 0 Å². The van der Waals surface area contributed by atoms with Gasteiger partial charge in [0.15, 0.2) is 0 Å². The maximum atomic E-state index is 15.5. The van der Waals surface area contributed by atoms with Gasteiger partial charge in [0, 0.05) is 25.2 Å². The van der Waals surface area contributed by atoms with Gasteiger partial charge < -0.3 is 16.0 Å².